The lowest BCUT2D eigenvalue weighted by atomic mass is 10.2. The molecule has 1 aromatic rings. The Morgan fingerprint density at radius 3 is 2.23 bits per heavy atom. The van der Waals surface area contributed by atoms with Crippen molar-refractivity contribution in [2.45, 2.75) is 0 Å². The van der Waals surface area contributed by atoms with Gasteiger partial charge in [-0.2, -0.15) is 0 Å². The highest BCUT2D eigenvalue weighted by molar-refractivity contribution is 6.30. The Morgan fingerprint density at radius 2 is 1.77 bits per heavy atom. The SMILES string of the molecule is O=CC=Cc1c(F)cc(Cl)cc1F. The van der Waals surface area contributed by atoms with Crippen LogP contribution in [0.2, 0.25) is 5.02 Å². The second kappa shape index (κ2) is 4.14. The van der Waals surface area contributed by atoms with E-state index in [2.05, 4.69) is 0 Å². The first-order valence-electron chi connectivity index (χ1n) is 3.41. The van der Waals surface area contributed by atoms with Gasteiger partial charge >= 0.3 is 0 Å². The van der Waals surface area contributed by atoms with Crippen LogP contribution in [0.15, 0.2) is 18.2 Å². The molecule has 0 fully saturated rings. The number of allylic oxidation sites excluding steroid dienone is 1. The van der Waals surface area contributed by atoms with E-state index in [1.165, 1.54) is 0 Å². The van der Waals surface area contributed by atoms with E-state index in [0.29, 0.717) is 6.29 Å². The highest BCUT2D eigenvalue weighted by Gasteiger charge is 2.06. The minimum Gasteiger partial charge on any atom is -0.299 e. The molecule has 0 aromatic heterocycles. The number of rotatable bonds is 2. The number of hydrogen-bond acceptors (Lipinski definition) is 1. The van der Waals surface area contributed by atoms with Gasteiger partial charge in [0.1, 0.15) is 17.9 Å². The van der Waals surface area contributed by atoms with Crippen molar-refractivity contribution in [2.24, 2.45) is 0 Å². The quantitative estimate of drug-likeness (QED) is 0.532. The number of aldehydes is 1. The first kappa shape index (κ1) is 9.86. The van der Waals surface area contributed by atoms with E-state index in [1.807, 2.05) is 0 Å². The molecule has 0 aliphatic carbocycles. The van der Waals surface area contributed by atoms with Crippen LogP contribution < -0.4 is 0 Å². The summed E-state index contributed by atoms with van der Waals surface area (Å²) < 4.78 is 25.9. The van der Waals surface area contributed by atoms with Crippen molar-refractivity contribution in [3.05, 3.63) is 40.4 Å². The number of carbonyl (C=O) groups is 1. The Bertz CT molecular complexity index is 338. The molecular weight excluding hydrogens is 198 g/mol. The summed E-state index contributed by atoms with van der Waals surface area (Å²) in [6.45, 7) is 0. The van der Waals surface area contributed by atoms with Crippen molar-refractivity contribution >= 4 is 24.0 Å². The van der Waals surface area contributed by atoms with Crippen molar-refractivity contribution in [3.8, 4) is 0 Å². The molecule has 0 unspecified atom stereocenters. The van der Waals surface area contributed by atoms with Gasteiger partial charge in [0.15, 0.2) is 0 Å². The van der Waals surface area contributed by atoms with Crippen LogP contribution in [0.4, 0.5) is 8.78 Å². The molecule has 0 aliphatic rings. The van der Waals surface area contributed by atoms with Crippen molar-refractivity contribution in [2.75, 3.05) is 0 Å². The summed E-state index contributed by atoms with van der Waals surface area (Å²) >= 11 is 5.38. The number of hydrogen-bond donors (Lipinski definition) is 0. The van der Waals surface area contributed by atoms with Gasteiger partial charge in [-0.25, -0.2) is 8.78 Å². The maximum absolute atomic E-state index is 12.9. The third kappa shape index (κ3) is 2.36. The second-order valence-corrected chi connectivity index (χ2v) is 2.71. The minimum absolute atomic E-state index is 0.0155. The Kier molecular flexibility index (Phi) is 3.14. The van der Waals surface area contributed by atoms with Crippen LogP contribution in [0.5, 0.6) is 0 Å². The molecule has 0 heterocycles. The summed E-state index contributed by atoms with van der Waals surface area (Å²) in [7, 11) is 0. The summed E-state index contributed by atoms with van der Waals surface area (Å²) in [6, 6.07) is 1.96. The largest absolute Gasteiger partial charge is 0.299 e. The Morgan fingerprint density at radius 1 is 1.23 bits per heavy atom. The van der Waals surface area contributed by atoms with Gasteiger partial charge in [0.25, 0.3) is 0 Å². The fourth-order valence-corrected chi connectivity index (χ4v) is 1.04. The van der Waals surface area contributed by atoms with Crippen LogP contribution in [-0.2, 0) is 4.79 Å². The molecule has 0 amide bonds. The molecule has 0 aliphatic heterocycles. The van der Waals surface area contributed by atoms with Gasteiger partial charge in [-0.05, 0) is 24.3 Å². The maximum atomic E-state index is 12.9. The third-order valence-corrected chi connectivity index (χ3v) is 1.60. The zero-order valence-corrected chi connectivity index (χ0v) is 7.18. The van der Waals surface area contributed by atoms with Crippen LogP contribution in [-0.4, -0.2) is 6.29 Å². The molecule has 13 heavy (non-hydrogen) atoms. The molecule has 0 N–H and O–H groups in total. The van der Waals surface area contributed by atoms with Gasteiger partial charge in [-0.3, -0.25) is 4.79 Å². The molecule has 0 bridgehead atoms. The zero-order chi connectivity index (χ0) is 9.84. The lowest BCUT2D eigenvalue weighted by Crippen LogP contribution is -1.88. The molecule has 0 radical (unpaired) electrons. The Hall–Kier alpha value is -1.22. The van der Waals surface area contributed by atoms with Gasteiger partial charge < -0.3 is 0 Å². The summed E-state index contributed by atoms with van der Waals surface area (Å²) in [5.74, 6) is -1.58. The molecule has 0 atom stereocenters. The topological polar surface area (TPSA) is 17.1 Å². The lowest BCUT2D eigenvalue weighted by Gasteiger charge is -1.99. The summed E-state index contributed by atoms with van der Waals surface area (Å²) in [6.07, 6.45) is 2.50. The molecule has 1 nitrogen and oxygen atoms in total. The van der Waals surface area contributed by atoms with Crippen LogP contribution in [0, 0.1) is 11.6 Å². The highest BCUT2D eigenvalue weighted by Crippen LogP contribution is 2.19. The molecule has 1 rings (SSSR count). The highest BCUT2D eigenvalue weighted by atomic mass is 35.5. The first-order valence-corrected chi connectivity index (χ1v) is 3.79. The van der Waals surface area contributed by atoms with E-state index in [0.717, 1.165) is 24.3 Å². The second-order valence-electron chi connectivity index (χ2n) is 2.28. The molecule has 0 saturated heterocycles. The van der Waals surface area contributed by atoms with E-state index in [4.69, 9.17) is 11.6 Å². The van der Waals surface area contributed by atoms with Gasteiger partial charge in [0, 0.05) is 10.6 Å². The van der Waals surface area contributed by atoms with E-state index in [-0.39, 0.29) is 10.6 Å². The van der Waals surface area contributed by atoms with Crippen LogP contribution in [0.3, 0.4) is 0 Å². The van der Waals surface area contributed by atoms with Crippen LogP contribution in [0.1, 0.15) is 5.56 Å². The number of halogens is 3. The summed E-state index contributed by atoms with van der Waals surface area (Å²) in [4.78, 5) is 9.91. The van der Waals surface area contributed by atoms with Crippen molar-refractivity contribution in [1.29, 1.82) is 0 Å². The molecular formula is C9H5ClF2O. The predicted octanol–water partition coefficient (Wildman–Crippen LogP) is 2.83. The van der Waals surface area contributed by atoms with E-state index in [1.54, 1.807) is 0 Å². The first-order chi connectivity index (χ1) is 6.15. The molecule has 1 aromatic carbocycles. The standard InChI is InChI=1S/C9H5ClF2O/c10-6-4-8(11)7(2-1-3-13)9(12)5-6/h1-5H. The number of benzene rings is 1. The monoisotopic (exact) mass is 202 g/mol. The molecule has 68 valence electrons. The van der Waals surface area contributed by atoms with Crippen molar-refractivity contribution in [1.82, 2.24) is 0 Å². The van der Waals surface area contributed by atoms with E-state index >= 15 is 0 Å². The molecule has 0 spiro atoms. The minimum atomic E-state index is -0.789. The smallest absolute Gasteiger partial charge is 0.142 e. The van der Waals surface area contributed by atoms with Crippen LogP contribution >= 0.6 is 11.6 Å². The van der Waals surface area contributed by atoms with Gasteiger partial charge in [0.05, 0.1) is 0 Å². The fourth-order valence-electron chi connectivity index (χ4n) is 0.848. The molecule has 0 saturated carbocycles. The van der Waals surface area contributed by atoms with Crippen molar-refractivity contribution in [3.63, 3.8) is 0 Å². The van der Waals surface area contributed by atoms with Gasteiger partial charge in [-0.1, -0.05) is 11.6 Å². The normalized spacial score (nSPS) is 10.7. The average Bonchev–Trinajstić information content (AvgIpc) is 2.02. The van der Waals surface area contributed by atoms with Crippen molar-refractivity contribution < 1.29 is 13.6 Å². The summed E-state index contributed by atoms with van der Waals surface area (Å²) in [5.41, 5.74) is -0.267. The van der Waals surface area contributed by atoms with Crippen LogP contribution in [0.25, 0.3) is 6.08 Å². The van der Waals surface area contributed by atoms with E-state index < -0.39 is 11.6 Å². The van der Waals surface area contributed by atoms with Gasteiger partial charge in [0.2, 0.25) is 0 Å². The predicted molar refractivity (Wildman–Crippen MR) is 46.5 cm³/mol. The van der Waals surface area contributed by atoms with E-state index in [9.17, 15) is 13.6 Å². The van der Waals surface area contributed by atoms with Gasteiger partial charge in [-0.15, -0.1) is 0 Å². The average molecular weight is 203 g/mol. The fraction of sp³-hybridized carbons (Fsp3) is 0. The zero-order valence-electron chi connectivity index (χ0n) is 6.43. The molecule has 4 heteroatoms. The summed E-state index contributed by atoms with van der Waals surface area (Å²) in [5, 5.41) is -0.0155. The Labute approximate surface area is 78.6 Å². The Balaban J connectivity index is 3.20. The lowest BCUT2D eigenvalue weighted by molar-refractivity contribution is -0.104. The number of carbonyl (C=O) groups excluding carboxylic acids is 1. The maximum Gasteiger partial charge on any atom is 0.142 e. The third-order valence-electron chi connectivity index (χ3n) is 1.39.